The van der Waals surface area contributed by atoms with E-state index >= 15 is 0 Å². The van der Waals surface area contributed by atoms with Gasteiger partial charge < -0.3 is 15.7 Å². The van der Waals surface area contributed by atoms with Crippen molar-refractivity contribution in [2.24, 2.45) is 0 Å². The summed E-state index contributed by atoms with van der Waals surface area (Å²) in [4.78, 5) is 19.1. The fourth-order valence-electron chi connectivity index (χ4n) is 2.45. The molecule has 27 heavy (non-hydrogen) atoms. The normalized spacial score (nSPS) is 14.9. The first-order valence-corrected chi connectivity index (χ1v) is 8.26. The zero-order chi connectivity index (χ0) is 20.0. The van der Waals surface area contributed by atoms with Crippen molar-refractivity contribution < 1.29 is 23.1 Å². The van der Waals surface area contributed by atoms with Gasteiger partial charge >= 0.3 is 12.1 Å². The average Bonchev–Trinajstić information content (AvgIpc) is 3.34. The highest BCUT2D eigenvalue weighted by atomic mass is 19.4. The molecular weight excluding hydrogens is 365 g/mol. The van der Waals surface area contributed by atoms with E-state index in [2.05, 4.69) is 25.7 Å². The van der Waals surface area contributed by atoms with Crippen molar-refractivity contribution >= 4 is 23.6 Å². The number of carboxylic acid groups (broad SMARTS) is 1. The predicted octanol–water partition coefficient (Wildman–Crippen LogP) is 3.17. The molecule has 2 aromatic rings. The maximum absolute atomic E-state index is 13.0. The molecule has 0 aliphatic heterocycles. The molecule has 0 spiro atoms. The van der Waals surface area contributed by atoms with Crippen molar-refractivity contribution in [2.45, 2.75) is 44.3 Å². The van der Waals surface area contributed by atoms with Gasteiger partial charge in [-0.2, -0.15) is 23.3 Å². The number of nitrogens with zero attached hydrogens (tertiary/aromatic N) is 4. The highest BCUT2D eigenvalue weighted by Gasteiger charge is 2.37. The quantitative estimate of drug-likeness (QED) is 0.702. The van der Waals surface area contributed by atoms with Gasteiger partial charge in [0.1, 0.15) is 22.6 Å². The van der Waals surface area contributed by atoms with Gasteiger partial charge in [-0.1, -0.05) is 0 Å². The van der Waals surface area contributed by atoms with E-state index in [0.717, 1.165) is 12.8 Å². The number of aromatic nitrogens is 4. The van der Waals surface area contributed by atoms with E-state index in [9.17, 15) is 23.1 Å². The summed E-state index contributed by atoms with van der Waals surface area (Å²) in [7, 11) is 1.34. The summed E-state index contributed by atoms with van der Waals surface area (Å²) >= 11 is 0. The smallest absolute Gasteiger partial charge is 0.421 e. The van der Waals surface area contributed by atoms with E-state index in [1.807, 2.05) is 0 Å². The molecule has 146 valence electrons. The van der Waals surface area contributed by atoms with Crippen LogP contribution in [0, 0.1) is 0 Å². The second-order valence-electron chi connectivity index (χ2n) is 6.85. The highest BCUT2D eigenvalue weighted by molar-refractivity contribution is 5.80. The van der Waals surface area contributed by atoms with Crippen molar-refractivity contribution in [3.63, 3.8) is 0 Å². The molecule has 1 fully saturated rings. The number of aliphatic carboxylic acids is 1. The Labute approximate surface area is 152 Å². The molecule has 0 radical (unpaired) electrons. The number of hydrogen-bond donors (Lipinski definition) is 3. The SMILES string of the molecule is CNc1nc(Nc2cc(C(C)(C)C(=O)O)nn2C2CC2)ncc1C(F)(F)F. The van der Waals surface area contributed by atoms with Gasteiger partial charge in [0.15, 0.2) is 0 Å². The van der Waals surface area contributed by atoms with E-state index in [1.165, 1.54) is 20.9 Å². The number of nitrogens with one attached hydrogen (secondary N) is 2. The van der Waals surface area contributed by atoms with Crippen molar-refractivity contribution in [3.05, 3.63) is 23.5 Å². The van der Waals surface area contributed by atoms with Crippen LogP contribution in [-0.2, 0) is 16.4 Å². The zero-order valence-corrected chi connectivity index (χ0v) is 14.9. The third kappa shape index (κ3) is 3.67. The largest absolute Gasteiger partial charge is 0.481 e. The minimum absolute atomic E-state index is 0.0474. The van der Waals surface area contributed by atoms with Crippen LogP contribution in [0.1, 0.15) is 44.0 Å². The van der Waals surface area contributed by atoms with Crippen LogP contribution < -0.4 is 10.6 Å². The van der Waals surface area contributed by atoms with Crippen molar-refractivity contribution in [1.82, 2.24) is 19.7 Å². The van der Waals surface area contributed by atoms with Crippen molar-refractivity contribution in [3.8, 4) is 0 Å². The van der Waals surface area contributed by atoms with Crippen LogP contribution in [0.2, 0.25) is 0 Å². The van der Waals surface area contributed by atoms with Crippen LogP contribution in [0.25, 0.3) is 0 Å². The van der Waals surface area contributed by atoms with Gasteiger partial charge in [-0.25, -0.2) is 9.67 Å². The van der Waals surface area contributed by atoms with Gasteiger partial charge in [-0.3, -0.25) is 4.79 Å². The minimum Gasteiger partial charge on any atom is -0.481 e. The number of rotatable bonds is 6. The summed E-state index contributed by atoms with van der Waals surface area (Å²) in [5.41, 5.74) is -1.85. The van der Waals surface area contributed by atoms with E-state index in [-0.39, 0.29) is 17.8 Å². The number of hydrogen-bond acceptors (Lipinski definition) is 6. The summed E-state index contributed by atoms with van der Waals surface area (Å²) in [5, 5.41) is 19.1. The van der Waals surface area contributed by atoms with Gasteiger partial charge in [0.2, 0.25) is 5.95 Å². The van der Waals surface area contributed by atoms with E-state index in [0.29, 0.717) is 17.7 Å². The zero-order valence-electron chi connectivity index (χ0n) is 14.9. The van der Waals surface area contributed by atoms with Gasteiger partial charge in [0, 0.05) is 19.3 Å². The Bertz CT molecular complexity index is 874. The molecule has 8 nitrogen and oxygen atoms in total. The fraction of sp³-hybridized carbons (Fsp3) is 0.500. The van der Waals surface area contributed by atoms with Crippen molar-refractivity contribution in [1.29, 1.82) is 0 Å². The Morgan fingerprint density at radius 1 is 1.33 bits per heavy atom. The second-order valence-corrected chi connectivity index (χ2v) is 6.85. The summed E-state index contributed by atoms with van der Waals surface area (Å²) in [6, 6.07) is 1.68. The van der Waals surface area contributed by atoms with Crippen LogP contribution in [0.4, 0.5) is 30.8 Å². The Morgan fingerprint density at radius 3 is 2.52 bits per heavy atom. The molecule has 1 aliphatic rings. The number of carbonyl (C=O) groups is 1. The molecule has 3 N–H and O–H groups in total. The van der Waals surface area contributed by atoms with Gasteiger partial charge in [-0.15, -0.1) is 0 Å². The monoisotopic (exact) mass is 384 g/mol. The molecule has 0 unspecified atom stereocenters. The molecule has 1 aliphatic carbocycles. The lowest BCUT2D eigenvalue weighted by Gasteiger charge is -2.15. The van der Waals surface area contributed by atoms with Crippen LogP contribution >= 0.6 is 0 Å². The third-order valence-corrected chi connectivity index (χ3v) is 4.37. The number of alkyl halides is 3. The molecule has 2 aromatic heterocycles. The Balaban J connectivity index is 1.96. The molecule has 3 rings (SSSR count). The molecule has 11 heteroatoms. The third-order valence-electron chi connectivity index (χ3n) is 4.37. The van der Waals surface area contributed by atoms with E-state index in [4.69, 9.17) is 0 Å². The topological polar surface area (TPSA) is 105 Å². The summed E-state index contributed by atoms with van der Waals surface area (Å²) in [5.74, 6) is -1.00. The van der Waals surface area contributed by atoms with Crippen LogP contribution in [0.5, 0.6) is 0 Å². The summed E-state index contributed by atoms with van der Waals surface area (Å²) in [6.07, 6.45) is -2.11. The molecule has 0 aromatic carbocycles. The highest BCUT2D eigenvalue weighted by Crippen LogP contribution is 2.39. The molecular formula is C16H19F3N6O2. The van der Waals surface area contributed by atoms with Gasteiger partial charge in [0.05, 0.1) is 11.7 Å². The van der Waals surface area contributed by atoms with Crippen molar-refractivity contribution in [2.75, 3.05) is 17.7 Å². The first-order chi connectivity index (χ1) is 12.5. The first-order valence-electron chi connectivity index (χ1n) is 8.26. The molecule has 1 saturated carbocycles. The maximum atomic E-state index is 13.0. The molecule has 0 atom stereocenters. The number of anilines is 3. The Kier molecular flexibility index (Phi) is 4.48. The second kappa shape index (κ2) is 6.39. The lowest BCUT2D eigenvalue weighted by molar-refractivity contribution is -0.142. The van der Waals surface area contributed by atoms with Crippen LogP contribution in [0.3, 0.4) is 0 Å². The van der Waals surface area contributed by atoms with Crippen LogP contribution in [0.15, 0.2) is 12.3 Å². The number of halogens is 3. The average molecular weight is 384 g/mol. The Hall–Kier alpha value is -2.85. The number of carboxylic acids is 1. The predicted molar refractivity (Wildman–Crippen MR) is 91.0 cm³/mol. The summed E-state index contributed by atoms with van der Waals surface area (Å²) in [6.45, 7) is 3.07. The standard InChI is InChI=1S/C16H19F3N6O2/c1-15(2,13(26)27)10-6-11(25(24-10)8-4-5-8)22-14-21-7-9(16(17,18)19)12(20-3)23-14/h6-8H,4-5H2,1-3H3,(H,26,27)(H2,20,21,22,23). The first kappa shape index (κ1) is 18.9. The molecule has 0 saturated heterocycles. The summed E-state index contributed by atoms with van der Waals surface area (Å²) < 4.78 is 40.6. The van der Waals surface area contributed by atoms with Crippen LogP contribution in [-0.4, -0.2) is 37.9 Å². The molecule has 2 heterocycles. The molecule has 0 bridgehead atoms. The minimum atomic E-state index is -4.58. The van der Waals surface area contributed by atoms with E-state index in [1.54, 1.807) is 10.7 Å². The lowest BCUT2D eigenvalue weighted by Crippen LogP contribution is -2.29. The molecule has 0 amide bonds. The Morgan fingerprint density at radius 2 is 2.00 bits per heavy atom. The van der Waals surface area contributed by atoms with E-state index < -0.39 is 23.1 Å². The van der Waals surface area contributed by atoms with Gasteiger partial charge in [-0.05, 0) is 26.7 Å². The maximum Gasteiger partial charge on any atom is 0.421 e. The lowest BCUT2D eigenvalue weighted by atomic mass is 9.90. The van der Waals surface area contributed by atoms with Gasteiger partial charge in [0.25, 0.3) is 0 Å². The fourth-order valence-corrected chi connectivity index (χ4v) is 2.45.